The lowest BCUT2D eigenvalue weighted by Crippen LogP contribution is -2.45. The summed E-state index contributed by atoms with van der Waals surface area (Å²) in [5.74, 6) is 0.830. The van der Waals surface area contributed by atoms with Crippen molar-refractivity contribution >= 4 is 11.9 Å². The number of furan rings is 1. The van der Waals surface area contributed by atoms with Crippen molar-refractivity contribution < 1.29 is 23.8 Å². The minimum Gasteiger partial charge on any atom is -0.494 e. The van der Waals surface area contributed by atoms with Crippen molar-refractivity contribution in [2.45, 2.75) is 38.1 Å². The highest BCUT2D eigenvalue weighted by molar-refractivity contribution is 5.95. The smallest absolute Gasteiger partial charge is 0.303 e. The number of hydrogen-bond acceptors (Lipinski definition) is 4. The maximum Gasteiger partial charge on any atom is 0.303 e. The van der Waals surface area contributed by atoms with E-state index >= 15 is 0 Å². The van der Waals surface area contributed by atoms with Crippen molar-refractivity contribution in [3.63, 3.8) is 0 Å². The molecule has 1 amide bonds. The summed E-state index contributed by atoms with van der Waals surface area (Å²) in [6, 6.07) is 19.2. The van der Waals surface area contributed by atoms with Crippen molar-refractivity contribution in [3.05, 3.63) is 78.1 Å². The van der Waals surface area contributed by atoms with Gasteiger partial charge in [-0.25, -0.2) is 0 Å². The van der Waals surface area contributed by atoms with Crippen LogP contribution in [0, 0.1) is 0 Å². The lowest BCUT2D eigenvalue weighted by atomic mass is 9.93. The van der Waals surface area contributed by atoms with E-state index in [0.717, 1.165) is 48.4 Å². The first kappa shape index (κ1) is 21.7. The fourth-order valence-electron chi connectivity index (χ4n) is 3.92. The summed E-state index contributed by atoms with van der Waals surface area (Å²) in [5.41, 5.74) is 2.68. The Balaban J connectivity index is 1.33. The second-order valence-electron chi connectivity index (χ2n) is 7.98. The fourth-order valence-corrected chi connectivity index (χ4v) is 3.92. The zero-order chi connectivity index (χ0) is 22.3. The molecule has 4 rings (SSSR count). The number of benzene rings is 2. The quantitative estimate of drug-likeness (QED) is 0.424. The average Bonchev–Trinajstić information content (AvgIpc) is 3.30. The van der Waals surface area contributed by atoms with Crippen molar-refractivity contribution in [2.75, 3.05) is 13.2 Å². The van der Waals surface area contributed by atoms with Crippen molar-refractivity contribution in [3.8, 4) is 17.1 Å². The maximum absolute atomic E-state index is 13.0. The zero-order valence-electron chi connectivity index (χ0n) is 17.9. The Morgan fingerprint density at radius 3 is 2.56 bits per heavy atom. The Kier molecular flexibility index (Phi) is 6.90. The molecule has 1 unspecified atom stereocenters. The summed E-state index contributed by atoms with van der Waals surface area (Å²) in [5, 5.41) is 8.68. The third-order valence-corrected chi connectivity index (χ3v) is 5.76. The largest absolute Gasteiger partial charge is 0.494 e. The van der Waals surface area contributed by atoms with Gasteiger partial charge in [0.2, 0.25) is 0 Å². The van der Waals surface area contributed by atoms with Gasteiger partial charge in [0.25, 0.3) is 5.91 Å². The van der Waals surface area contributed by atoms with E-state index in [1.807, 2.05) is 65.6 Å². The monoisotopic (exact) mass is 433 g/mol. The third-order valence-electron chi connectivity index (χ3n) is 5.76. The van der Waals surface area contributed by atoms with Gasteiger partial charge in [-0.05, 0) is 67.6 Å². The zero-order valence-corrected chi connectivity index (χ0v) is 17.9. The van der Waals surface area contributed by atoms with Crippen LogP contribution in [0.1, 0.15) is 54.1 Å². The van der Waals surface area contributed by atoms with E-state index < -0.39 is 5.97 Å². The fraction of sp³-hybridized carbons (Fsp3) is 0.308. The molecule has 166 valence electrons. The van der Waals surface area contributed by atoms with E-state index in [2.05, 4.69) is 0 Å². The first-order valence-electron chi connectivity index (χ1n) is 11.0. The number of carbonyl (C=O) groups is 2. The topological polar surface area (TPSA) is 80.0 Å². The van der Waals surface area contributed by atoms with Crippen molar-refractivity contribution in [1.29, 1.82) is 0 Å². The van der Waals surface area contributed by atoms with E-state index in [1.54, 1.807) is 6.26 Å². The highest BCUT2D eigenvalue weighted by Gasteiger charge is 2.34. The summed E-state index contributed by atoms with van der Waals surface area (Å²) in [7, 11) is 0. The molecule has 1 aliphatic rings. The molecule has 1 N–H and O–H groups in total. The number of amides is 1. The Labute approximate surface area is 187 Å². The molecule has 1 fully saturated rings. The van der Waals surface area contributed by atoms with Gasteiger partial charge in [-0.1, -0.05) is 24.3 Å². The molecule has 6 nitrogen and oxygen atoms in total. The van der Waals surface area contributed by atoms with E-state index in [4.69, 9.17) is 14.3 Å². The van der Waals surface area contributed by atoms with E-state index in [-0.39, 0.29) is 18.4 Å². The number of carboxylic acid groups (broad SMARTS) is 1. The normalized spacial score (nSPS) is 15.2. The van der Waals surface area contributed by atoms with Gasteiger partial charge in [0.15, 0.2) is 0 Å². The predicted molar refractivity (Wildman–Crippen MR) is 121 cm³/mol. The van der Waals surface area contributed by atoms with Gasteiger partial charge in [0.1, 0.15) is 11.5 Å². The third kappa shape index (κ3) is 5.19. The number of unbranched alkanes of at least 4 members (excludes halogenated alkanes) is 2. The summed E-state index contributed by atoms with van der Waals surface area (Å²) in [6.07, 6.45) is 5.08. The number of aliphatic carboxylic acids is 1. The molecule has 0 aliphatic carbocycles. The Hall–Kier alpha value is -3.54. The molecule has 6 heteroatoms. The van der Waals surface area contributed by atoms with Gasteiger partial charge < -0.3 is 19.2 Å². The molecular formula is C26H27NO5. The first-order valence-corrected chi connectivity index (χ1v) is 11.0. The Morgan fingerprint density at radius 2 is 1.88 bits per heavy atom. The van der Waals surface area contributed by atoms with Crippen molar-refractivity contribution in [1.82, 2.24) is 4.90 Å². The van der Waals surface area contributed by atoms with Gasteiger partial charge in [0, 0.05) is 24.1 Å². The van der Waals surface area contributed by atoms with Crippen LogP contribution in [0.2, 0.25) is 0 Å². The lowest BCUT2D eigenvalue weighted by Gasteiger charge is -2.41. The Morgan fingerprint density at radius 1 is 1.03 bits per heavy atom. The SMILES string of the molecule is O=C(O)CCCCCOc1cccc(C2CCN2C(=O)c2ccc(-c3ccco3)cc2)c1. The summed E-state index contributed by atoms with van der Waals surface area (Å²) < 4.78 is 11.3. The van der Waals surface area contributed by atoms with Crippen LogP contribution in [-0.2, 0) is 4.79 Å². The number of hydrogen-bond donors (Lipinski definition) is 1. The molecule has 1 aromatic heterocycles. The maximum atomic E-state index is 13.0. The van der Waals surface area contributed by atoms with E-state index in [9.17, 15) is 9.59 Å². The van der Waals surface area contributed by atoms with Crippen LogP contribution in [0.3, 0.4) is 0 Å². The molecule has 32 heavy (non-hydrogen) atoms. The van der Waals surface area contributed by atoms with Crippen LogP contribution in [0.5, 0.6) is 5.75 Å². The molecule has 0 spiro atoms. The van der Waals surface area contributed by atoms with Gasteiger partial charge in [-0.15, -0.1) is 0 Å². The van der Waals surface area contributed by atoms with Gasteiger partial charge >= 0.3 is 5.97 Å². The summed E-state index contributed by atoms with van der Waals surface area (Å²) >= 11 is 0. The minimum atomic E-state index is -0.758. The second-order valence-corrected chi connectivity index (χ2v) is 7.98. The van der Waals surface area contributed by atoms with Crippen LogP contribution in [0.25, 0.3) is 11.3 Å². The number of carboxylic acids is 1. The predicted octanol–water partition coefficient (Wildman–Crippen LogP) is 5.56. The van der Waals surface area contributed by atoms with Crippen LogP contribution in [0.15, 0.2) is 71.3 Å². The van der Waals surface area contributed by atoms with E-state index in [0.29, 0.717) is 18.6 Å². The minimum absolute atomic E-state index is 0.0250. The number of carbonyl (C=O) groups excluding carboxylic acids is 1. The molecule has 2 heterocycles. The number of ether oxygens (including phenoxy) is 1. The molecule has 1 aliphatic heterocycles. The molecule has 0 radical (unpaired) electrons. The van der Waals surface area contributed by atoms with Crippen LogP contribution in [0.4, 0.5) is 0 Å². The average molecular weight is 434 g/mol. The first-order chi connectivity index (χ1) is 15.6. The van der Waals surface area contributed by atoms with Crippen LogP contribution >= 0.6 is 0 Å². The molecule has 3 aromatic rings. The molecule has 1 atom stereocenters. The summed E-state index contributed by atoms with van der Waals surface area (Å²) in [4.78, 5) is 25.5. The number of nitrogens with zero attached hydrogens (tertiary/aromatic N) is 1. The van der Waals surface area contributed by atoms with Gasteiger partial charge in [0.05, 0.1) is 18.9 Å². The summed E-state index contributed by atoms with van der Waals surface area (Å²) in [6.45, 7) is 1.29. The van der Waals surface area contributed by atoms with Gasteiger partial charge in [-0.2, -0.15) is 0 Å². The van der Waals surface area contributed by atoms with Crippen molar-refractivity contribution in [2.24, 2.45) is 0 Å². The molecule has 2 aromatic carbocycles. The highest BCUT2D eigenvalue weighted by Crippen LogP contribution is 2.36. The molecule has 1 saturated heterocycles. The Bertz CT molecular complexity index is 1040. The standard InChI is InChI=1S/C26H27NO5/c28-25(29)9-2-1-3-16-31-22-7-4-6-21(18-22)23-14-15-27(23)26(30)20-12-10-19(11-13-20)24-8-5-17-32-24/h4-8,10-13,17-18,23H,1-3,9,14-16H2,(H,28,29). The molecule has 0 bridgehead atoms. The number of likely N-dealkylation sites (tertiary alicyclic amines) is 1. The van der Waals surface area contributed by atoms with Gasteiger partial charge in [-0.3, -0.25) is 9.59 Å². The second kappa shape index (κ2) is 10.2. The van der Waals surface area contributed by atoms with Crippen LogP contribution in [-0.4, -0.2) is 35.0 Å². The lowest BCUT2D eigenvalue weighted by molar-refractivity contribution is -0.137. The number of rotatable bonds is 10. The van der Waals surface area contributed by atoms with Crippen LogP contribution < -0.4 is 4.74 Å². The highest BCUT2D eigenvalue weighted by atomic mass is 16.5. The molecular weight excluding hydrogens is 406 g/mol. The van der Waals surface area contributed by atoms with E-state index in [1.165, 1.54) is 0 Å². The molecule has 0 saturated carbocycles.